The van der Waals surface area contributed by atoms with E-state index in [-0.39, 0.29) is 12.5 Å². The maximum Gasteiger partial charge on any atom is 0.256 e. The Labute approximate surface area is 105 Å². The van der Waals surface area contributed by atoms with Crippen LogP contribution in [0.1, 0.15) is 16.1 Å². The van der Waals surface area contributed by atoms with Crippen LogP contribution < -0.4 is 0 Å². The summed E-state index contributed by atoms with van der Waals surface area (Å²) in [6.45, 7) is 0.583. The van der Waals surface area contributed by atoms with Crippen molar-refractivity contribution in [1.82, 2.24) is 9.88 Å². The fourth-order valence-corrected chi connectivity index (χ4v) is 1.57. The van der Waals surface area contributed by atoms with E-state index in [1.807, 2.05) is 0 Å². The molecule has 18 heavy (non-hydrogen) atoms. The summed E-state index contributed by atoms with van der Waals surface area (Å²) in [7, 11) is 0. The molecule has 2 aromatic heterocycles. The van der Waals surface area contributed by atoms with Gasteiger partial charge in [-0.2, -0.15) is 0 Å². The van der Waals surface area contributed by atoms with Gasteiger partial charge in [0.2, 0.25) is 0 Å². The van der Waals surface area contributed by atoms with Crippen LogP contribution in [0.2, 0.25) is 0 Å². The van der Waals surface area contributed by atoms with Gasteiger partial charge in [0.25, 0.3) is 5.91 Å². The average molecular weight is 240 g/mol. The summed E-state index contributed by atoms with van der Waals surface area (Å²) in [5.74, 6) is 3.02. The standard InChI is InChI=1S/C14H12N2O2/c1-2-8-16(11-13-6-4-9-18-13)14(17)12-5-3-7-15-10-12/h1,3-7,9-10H,8,11H2. The molecule has 0 aromatic carbocycles. The van der Waals surface area contributed by atoms with Crippen LogP contribution >= 0.6 is 0 Å². The molecule has 0 spiro atoms. The van der Waals surface area contributed by atoms with Gasteiger partial charge in [-0.25, -0.2) is 0 Å². The predicted molar refractivity (Wildman–Crippen MR) is 66.5 cm³/mol. The first-order valence-electron chi connectivity index (χ1n) is 5.46. The summed E-state index contributed by atoms with van der Waals surface area (Å²) in [4.78, 5) is 17.7. The Kier molecular flexibility index (Phi) is 3.77. The summed E-state index contributed by atoms with van der Waals surface area (Å²) >= 11 is 0. The minimum absolute atomic E-state index is 0.155. The highest BCUT2D eigenvalue weighted by Gasteiger charge is 2.16. The summed E-state index contributed by atoms with van der Waals surface area (Å²) < 4.78 is 5.22. The Balaban J connectivity index is 2.15. The van der Waals surface area contributed by atoms with E-state index in [1.54, 1.807) is 36.7 Å². The van der Waals surface area contributed by atoms with Crippen LogP contribution in [0.5, 0.6) is 0 Å². The first-order valence-corrected chi connectivity index (χ1v) is 5.46. The molecule has 2 heterocycles. The van der Waals surface area contributed by atoms with Crippen LogP contribution in [0.3, 0.4) is 0 Å². The Hall–Kier alpha value is -2.54. The number of pyridine rings is 1. The molecule has 0 fully saturated rings. The van der Waals surface area contributed by atoms with Gasteiger partial charge in [-0.05, 0) is 24.3 Å². The molecule has 90 valence electrons. The van der Waals surface area contributed by atoms with Crippen LogP contribution in [-0.2, 0) is 6.54 Å². The third-order valence-electron chi connectivity index (χ3n) is 2.40. The van der Waals surface area contributed by atoms with Gasteiger partial charge in [0.05, 0.1) is 24.9 Å². The number of rotatable bonds is 4. The molecule has 0 radical (unpaired) electrons. The zero-order valence-corrected chi connectivity index (χ0v) is 9.74. The minimum Gasteiger partial charge on any atom is -0.467 e. The zero-order chi connectivity index (χ0) is 12.8. The highest BCUT2D eigenvalue weighted by atomic mass is 16.3. The number of hydrogen-bond donors (Lipinski definition) is 0. The Morgan fingerprint density at radius 2 is 2.33 bits per heavy atom. The normalized spacial score (nSPS) is 9.72. The second-order valence-electron chi connectivity index (χ2n) is 3.69. The number of carbonyl (C=O) groups excluding carboxylic acids is 1. The van der Waals surface area contributed by atoms with Crippen molar-refractivity contribution in [3.05, 3.63) is 54.2 Å². The summed E-state index contributed by atoms with van der Waals surface area (Å²) in [5.41, 5.74) is 0.513. The van der Waals surface area contributed by atoms with Crippen molar-refractivity contribution in [2.75, 3.05) is 6.54 Å². The van der Waals surface area contributed by atoms with Crippen LogP contribution in [0, 0.1) is 12.3 Å². The smallest absolute Gasteiger partial charge is 0.256 e. The lowest BCUT2D eigenvalue weighted by atomic mass is 10.2. The van der Waals surface area contributed by atoms with E-state index in [2.05, 4.69) is 10.9 Å². The molecule has 4 heteroatoms. The fourth-order valence-electron chi connectivity index (χ4n) is 1.57. The van der Waals surface area contributed by atoms with Gasteiger partial charge < -0.3 is 9.32 Å². The third kappa shape index (κ3) is 2.77. The van der Waals surface area contributed by atoms with E-state index in [0.29, 0.717) is 17.9 Å². The van der Waals surface area contributed by atoms with Crippen LogP contribution in [0.4, 0.5) is 0 Å². The first-order chi connectivity index (χ1) is 8.81. The number of carbonyl (C=O) groups is 1. The number of furan rings is 1. The second-order valence-corrected chi connectivity index (χ2v) is 3.69. The molecule has 1 amide bonds. The molecular formula is C14H12N2O2. The molecule has 2 rings (SSSR count). The van der Waals surface area contributed by atoms with Crippen molar-refractivity contribution < 1.29 is 9.21 Å². The molecule has 0 aliphatic rings. The highest BCUT2D eigenvalue weighted by molar-refractivity contribution is 5.93. The number of hydrogen-bond acceptors (Lipinski definition) is 3. The lowest BCUT2D eigenvalue weighted by Gasteiger charge is -2.18. The molecule has 0 saturated carbocycles. The number of terminal acetylenes is 1. The molecule has 0 bridgehead atoms. The predicted octanol–water partition coefficient (Wildman–Crippen LogP) is 1.95. The first kappa shape index (κ1) is 11.9. The van der Waals surface area contributed by atoms with E-state index >= 15 is 0 Å². The Morgan fingerprint density at radius 3 is 2.94 bits per heavy atom. The number of amides is 1. The molecule has 0 atom stereocenters. The van der Waals surface area contributed by atoms with Crippen molar-refractivity contribution in [2.45, 2.75) is 6.54 Å². The van der Waals surface area contributed by atoms with E-state index < -0.39 is 0 Å². The van der Waals surface area contributed by atoms with Crippen LogP contribution in [-0.4, -0.2) is 22.3 Å². The second kappa shape index (κ2) is 5.69. The average Bonchev–Trinajstić information content (AvgIpc) is 2.91. The van der Waals surface area contributed by atoms with E-state index in [1.165, 1.54) is 11.1 Å². The molecule has 0 N–H and O–H groups in total. The summed E-state index contributed by atoms with van der Waals surface area (Å²) in [5, 5.41) is 0. The Morgan fingerprint density at radius 1 is 1.44 bits per heavy atom. The van der Waals surface area contributed by atoms with E-state index in [0.717, 1.165) is 0 Å². The molecule has 0 unspecified atom stereocenters. The molecule has 0 saturated heterocycles. The molecule has 0 aliphatic carbocycles. The highest BCUT2D eigenvalue weighted by Crippen LogP contribution is 2.09. The van der Waals surface area contributed by atoms with Crippen molar-refractivity contribution in [3.8, 4) is 12.3 Å². The summed E-state index contributed by atoms with van der Waals surface area (Å²) in [6.07, 6.45) is 9.99. The van der Waals surface area contributed by atoms with E-state index in [4.69, 9.17) is 10.8 Å². The van der Waals surface area contributed by atoms with Gasteiger partial charge >= 0.3 is 0 Å². The van der Waals surface area contributed by atoms with Crippen LogP contribution in [0.25, 0.3) is 0 Å². The van der Waals surface area contributed by atoms with Gasteiger partial charge in [0.1, 0.15) is 5.76 Å². The SMILES string of the molecule is C#CCN(Cc1ccco1)C(=O)c1cccnc1. The lowest BCUT2D eigenvalue weighted by Crippen LogP contribution is -2.30. The van der Waals surface area contributed by atoms with E-state index in [9.17, 15) is 4.79 Å². The fraction of sp³-hybridized carbons (Fsp3) is 0.143. The monoisotopic (exact) mass is 240 g/mol. The molecule has 4 nitrogen and oxygen atoms in total. The molecular weight excluding hydrogens is 228 g/mol. The number of nitrogens with zero attached hydrogens (tertiary/aromatic N) is 2. The lowest BCUT2D eigenvalue weighted by molar-refractivity contribution is 0.0755. The quantitative estimate of drug-likeness (QED) is 0.767. The van der Waals surface area contributed by atoms with Crippen molar-refractivity contribution in [2.24, 2.45) is 0 Å². The van der Waals surface area contributed by atoms with Crippen LogP contribution in [0.15, 0.2) is 47.3 Å². The Bertz CT molecular complexity index is 541. The molecule has 0 aliphatic heterocycles. The molecule has 2 aromatic rings. The number of aromatic nitrogens is 1. The maximum absolute atomic E-state index is 12.2. The zero-order valence-electron chi connectivity index (χ0n) is 9.74. The maximum atomic E-state index is 12.2. The van der Waals surface area contributed by atoms with Gasteiger partial charge in [0, 0.05) is 12.4 Å². The van der Waals surface area contributed by atoms with Gasteiger partial charge in [-0.15, -0.1) is 6.42 Å². The van der Waals surface area contributed by atoms with Gasteiger partial charge in [-0.3, -0.25) is 9.78 Å². The van der Waals surface area contributed by atoms with Gasteiger partial charge in [-0.1, -0.05) is 5.92 Å². The largest absolute Gasteiger partial charge is 0.467 e. The van der Waals surface area contributed by atoms with Crippen molar-refractivity contribution in [3.63, 3.8) is 0 Å². The third-order valence-corrected chi connectivity index (χ3v) is 2.40. The van der Waals surface area contributed by atoms with Crippen molar-refractivity contribution >= 4 is 5.91 Å². The van der Waals surface area contributed by atoms with Gasteiger partial charge in [0.15, 0.2) is 0 Å². The minimum atomic E-state index is -0.155. The summed E-state index contributed by atoms with van der Waals surface area (Å²) in [6, 6.07) is 7.01. The topological polar surface area (TPSA) is 46.3 Å². The van der Waals surface area contributed by atoms with Crippen molar-refractivity contribution in [1.29, 1.82) is 0 Å².